The van der Waals surface area contributed by atoms with E-state index in [1.807, 2.05) is 0 Å². The van der Waals surface area contributed by atoms with Gasteiger partial charge in [-0.3, -0.25) is 9.59 Å². The second-order valence-electron chi connectivity index (χ2n) is 6.50. The number of nitrogens with one attached hydrogen (secondary N) is 2. The van der Waals surface area contributed by atoms with Gasteiger partial charge in [0.05, 0.1) is 33.6 Å². The normalized spacial score (nSPS) is 15.3. The number of aryl methyl sites for hydroxylation is 1. The molecule has 3 aromatic heterocycles. The van der Waals surface area contributed by atoms with Crippen molar-refractivity contribution in [2.45, 2.75) is 12.8 Å². The number of carbonyl (C=O) groups is 2. The molecule has 0 atom stereocenters. The Bertz CT molecular complexity index is 1300. The van der Waals surface area contributed by atoms with Crippen molar-refractivity contribution in [1.82, 2.24) is 9.55 Å². The molecule has 1 amide bonds. The van der Waals surface area contributed by atoms with Crippen LogP contribution in [0.15, 0.2) is 28.6 Å². The van der Waals surface area contributed by atoms with E-state index in [1.165, 1.54) is 19.4 Å². The van der Waals surface area contributed by atoms with E-state index in [0.29, 0.717) is 9.27 Å². The number of esters is 1. The van der Waals surface area contributed by atoms with Gasteiger partial charge in [0.15, 0.2) is 0 Å². The van der Waals surface area contributed by atoms with Crippen LogP contribution in [-0.4, -0.2) is 28.5 Å². The van der Waals surface area contributed by atoms with E-state index < -0.39 is 18.5 Å². The van der Waals surface area contributed by atoms with Crippen molar-refractivity contribution in [1.29, 1.82) is 0 Å². The number of rotatable bonds is 5. The summed E-state index contributed by atoms with van der Waals surface area (Å²) >= 11 is 7.37. The van der Waals surface area contributed by atoms with E-state index in [4.69, 9.17) is 20.5 Å². The van der Waals surface area contributed by atoms with Crippen LogP contribution in [0, 0.1) is 5.92 Å². The van der Waals surface area contributed by atoms with Gasteiger partial charge in [-0.05, 0) is 12.8 Å². The third kappa shape index (κ3) is 3.70. The standard InChI is InChI=1S/C19H17ClN4O4S/c1-24-7-11(20)16-15(18(24)26)13(8-29-16)22-12-5-14(23-17(25)9-3-4-9)21-6-10(12)19(27)28-2/h5-9H,3-4H2,1-2H3,(H2,21,22,23,25)/i1D3. The second kappa shape index (κ2) is 7.49. The number of halogens is 1. The van der Waals surface area contributed by atoms with Crippen LogP contribution >= 0.6 is 22.9 Å². The maximum atomic E-state index is 12.9. The van der Waals surface area contributed by atoms with E-state index >= 15 is 0 Å². The van der Waals surface area contributed by atoms with Gasteiger partial charge in [0.1, 0.15) is 11.4 Å². The van der Waals surface area contributed by atoms with Crippen molar-refractivity contribution in [3.63, 3.8) is 0 Å². The molecule has 1 aliphatic rings. The Balaban J connectivity index is 1.80. The van der Waals surface area contributed by atoms with Crippen LogP contribution in [0.5, 0.6) is 0 Å². The summed E-state index contributed by atoms with van der Waals surface area (Å²) in [6.07, 6.45) is 3.96. The monoisotopic (exact) mass is 435 g/mol. The zero-order valence-electron chi connectivity index (χ0n) is 18.1. The smallest absolute Gasteiger partial charge is 0.341 e. The van der Waals surface area contributed by atoms with Crippen molar-refractivity contribution in [2.75, 3.05) is 17.7 Å². The number of hydrogen-bond acceptors (Lipinski definition) is 7. The molecule has 150 valence electrons. The average Bonchev–Trinajstić information content (AvgIpc) is 3.50. The van der Waals surface area contributed by atoms with E-state index in [1.54, 1.807) is 5.38 Å². The van der Waals surface area contributed by atoms with Gasteiger partial charge < -0.3 is 19.9 Å². The maximum absolute atomic E-state index is 12.9. The fourth-order valence-corrected chi connectivity index (χ4v) is 4.03. The van der Waals surface area contributed by atoms with Crippen LogP contribution in [0.1, 0.15) is 27.3 Å². The maximum Gasteiger partial charge on any atom is 0.341 e. The molecule has 10 heteroatoms. The molecule has 29 heavy (non-hydrogen) atoms. The molecule has 1 saturated carbocycles. The molecule has 8 nitrogen and oxygen atoms in total. The molecule has 2 N–H and O–H groups in total. The average molecular weight is 436 g/mol. The Morgan fingerprint density at radius 2 is 2.21 bits per heavy atom. The van der Waals surface area contributed by atoms with Gasteiger partial charge in [0, 0.05) is 40.8 Å². The lowest BCUT2D eigenvalue weighted by molar-refractivity contribution is -0.117. The summed E-state index contributed by atoms with van der Waals surface area (Å²) in [6.45, 7) is -2.72. The van der Waals surface area contributed by atoms with Gasteiger partial charge in [0.25, 0.3) is 5.56 Å². The SMILES string of the molecule is [2H]C([2H])([2H])n1cc(Cl)c2scc(Nc3cc(NC(=O)C4CC4)ncc3C(=O)OC)c2c1=O. The fraction of sp³-hybridized carbons (Fsp3) is 0.263. The molecule has 0 aromatic carbocycles. The van der Waals surface area contributed by atoms with Gasteiger partial charge in [-0.15, -0.1) is 11.3 Å². The van der Waals surface area contributed by atoms with Crippen molar-refractivity contribution >= 4 is 62.1 Å². The summed E-state index contributed by atoms with van der Waals surface area (Å²) in [5.41, 5.74) is -0.220. The highest BCUT2D eigenvalue weighted by Gasteiger charge is 2.30. The Labute approximate surface area is 178 Å². The van der Waals surface area contributed by atoms with Gasteiger partial charge >= 0.3 is 5.97 Å². The van der Waals surface area contributed by atoms with Gasteiger partial charge in [-0.1, -0.05) is 11.6 Å². The molecule has 0 unspecified atom stereocenters. The highest BCUT2D eigenvalue weighted by atomic mass is 35.5. The Morgan fingerprint density at radius 1 is 1.41 bits per heavy atom. The summed E-state index contributed by atoms with van der Waals surface area (Å²) < 4.78 is 28.5. The van der Waals surface area contributed by atoms with Crippen LogP contribution < -0.4 is 16.2 Å². The summed E-state index contributed by atoms with van der Waals surface area (Å²) in [4.78, 5) is 41.3. The number of fused-ring (bicyclic) bond motifs is 1. The summed E-state index contributed by atoms with van der Waals surface area (Å²) in [7, 11) is 1.21. The number of amides is 1. The van der Waals surface area contributed by atoms with Crippen LogP contribution in [0.4, 0.5) is 17.2 Å². The van der Waals surface area contributed by atoms with Crippen LogP contribution in [0.2, 0.25) is 5.02 Å². The molecular formula is C19H17ClN4O4S. The summed E-state index contributed by atoms with van der Waals surface area (Å²) in [6, 6.07) is 1.45. The zero-order valence-corrected chi connectivity index (χ0v) is 16.7. The number of aromatic nitrogens is 2. The van der Waals surface area contributed by atoms with Gasteiger partial charge in [-0.25, -0.2) is 9.78 Å². The molecule has 0 aliphatic heterocycles. The third-order valence-electron chi connectivity index (χ3n) is 4.46. The first-order chi connectivity index (χ1) is 15.1. The fourth-order valence-electron chi connectivity index (χ4n) is 2.81. The molecule has 1 aliphatic carbocycles. The topological polar surface area (TPSA) is 102 Å². The number of ether oxygens (including phenoxy) is 1. The van der Waals surface area contributed by atoms with Gasteiger partial charge in [-0.2, -0.15) is 0 Å². The number of carbonyl (C=O) groups excluding carboxylic acids is 2. The number of thiophene rings is 1. The Morgan fingerprint density at radius 3 is 2.90 bits per heavy atom. The predicted octanol–water partition coefficient (Wildman–Crippen LogP) is 3.53. The molecule has 3 heterocycles. The largest absolute Gasteiger partial charge is 0.465 e. The molecule has 4 rings (SSSR count). The van der Waals surface area contributed by atoms with Crippen LogP contribution in [0.25, 0.3) is 10.1 Å². The third-order valence-corrected chi connectivity index (χ3v) is 5.87. The minimum atomic E-state index is -2.72. The highest BCUT2D eigenvalue weighted by Crippen LogP contribution is 2.36. The minimum Gasteiger partial charge on any atom is -0.465 e. The summed E-state index contributed by atoms with van der Waals surface area (Å²) in [5.74, 6) is -0.676. The van der Waals surface area contributed by atoms with E-state index in [-0.39, 0.29) is 45.0 Å². The Kier molecular flexibility index (Phi) is 4.12. The van der Waals surface area contributed by atoms with Crippen molar-refractivity contribution in [3.05, 3.63) is 44.8 Å². The number of pyridine rings is 2. The lowest BCUT2D eigenvalue weighted by Crippen LogP contribution is -2.17. The zero-order chi connectivity index (χ0) is 23.2. The van der Waals surface area contributed by atoms with E-state index in [9.17, 15) is 14.4 Å². The first kappa shape index (κ1) is 15.9. The highest BCUT2D eigenvalue weighted by molar-refractivity contribution is 7.18. The van der Waals surface area contributed by atoms with Crippen LogP contribution in [0.3, 0.4) is 0 Å². The van der Waals surface area contributed by atoms with Crippen LogP contribution in [-0.2, 0) is 16.5 Å². The molecular weight excluding hydrogens is 416 g/mol. The van der Waals surface area contributed by atoms with E-state index in [0.717, 1.165) is 30.4 Å². The first-order valence-corrected chi connectivity index (χ1v) is 9.85. The number of anilines is 3. The van der Waals surface area contributed by atoms with Gasteiger partial charge in [0.2, 0.25) is 5.91 Å². The van der Waals surface area contributed by atoms with Crippen molar-refractivity contribution < 1.29 is 18.4 Å². The molecule has 0 saturated heterocycles. The van der Waals surface area contributed by atoms with Crippen molar-refractivity contribution in [3.8, 4) is 0 Å². The quantitative estimate of drug-likeness (QED) is 0.594. The second-order valence-corrected chi connectivity index (χ2v) is 7.79. The number of hydrogen-bond donors (Lipinski definition) is 2. The first-order valence-electron chi connectivity index (χ1n) is 10.1. The molecule has 0 spiro atoms. The predicted molar refractivity (Wildman–Crippen MR) is 112 cm³/mol. The lowest BCUT2D eigenvalue weighted by atomic mass is 10.2. The Hall–Kier alpha value is -2.91. The number of nitrogens with zero attached hydrogens (tertiary/aromatic N) is 2. The molecule has 0 radical (unpaired) electrons. The molecule has 3 aromatic rings. The minimum absolute atomic E-state index is 0.0465. The summed E-state index contributed by atoms with van der Waals surface area (Å²) in [5, 5.41) is 7.43. The lowest BCUT2D eigenvalue weighted by Gasteiger charge is -2.12. The number of methoxy groups -OCH3 is 1. The molecule has 1 fully saturated rings. The van der Waals surface area contributed by atoms with E-state index in [2.05, 4.69) is 15.6 Å². The van der Waals surface area contributed by atoms with Crippen molar-refractivity contribution in [2.24, 2.45) is 12.9 Å². The molecule has 0 bridgehead atoms.